The average Bonchev–Trinajstić information content (AvgIpc) is 3.32. The van der Waals surface area contributed by atoms with Crippen LogP contribution in [-0.2, 0) is 4.79 Å². The molecule has 0 N–H and O–H groups in total. The second kappa shape index (κ2) is 7.21. The van der Waals surface area contributed by atoms with Crippen LogP contribution in [0.15, 0.2) is 88.1 Å². The summed E-state index contributed by atoms with van der Waals surface area (Å²) < 4.78 is 16.3. The first-order valence-electron chi connectivity index (χ1n) is 8.30. The minimum atomic E-state index is -0.291. The van der Waals surface area contributed by atoms with Crippen molar-refractivity contribution in [2.45, 2.75) is 0 Å². The number of hydrogen-bond acceptors (Lipinski definition) is 5. The third kappa shape index (κ3) is 3.46. The Bertz CT molecular complexity index is 990. The summed E-state index contributed by atoms with van der Waals surface area (Å²) in [5.74, 6) is 1.51. The Balaban J connectivity index is 1.70. The fourth-order valence-corrected chi connectivity index (χ4v) is 2.63. The van der Waals surface area contributed by atoms with Gasteiger partial charge in [-0.2, -0.15) is 4.99 Å². The van der Waals surface area contributed by atoms with Crippen molar-refractivity contribution in [3.05, 3.63) is 84.5 Å². The van der Waals surface area contributed by atoms with Gasteiger partial charge in [0, 0.05) is 6.08 Å². The van der Waals surface area contributed by atoms with Gasteiger partial charge in [-0.25, -0.2) is 4.90 Å². The molecule has 1 amide bonds. The minimum absolute atomic E-state index is 0.175. The number of amides is 1. The Kier molecular flexibility index (Phi) is 4.45. The zero-order valence-corrected chi connectivity index (χ0v) is 14.5. The predicted octanol–water partition coefficient (Wildman–Crippen LogP) is 4.11. The van der Waals surface area contributed by atoms with E-state index in [1.165, 1.54) is 4.90 Å². The molecule has 6 heteroatoms. The highest BCUT2D eigenvalue weighted by Crippen LogP contribution is 2.27. The topological polar surface area (TPSA) is 64.3 Å². The zero-order valence-electron chi connectivity index (χ0n) is 14.5. The standard InChI is InChI=1S/C21H16N2O4/c1-25-16-9-11-17(12-10-16)27-21-22-19(14-18-8-5-13-26-18)20(24)23(21)15-6-3-2-4-7-15/h2-14H,1H3. The van der Waals surface area contributed by atoms with Crippen LogP contribution < -0.4 is 14.4 Å². The number of para-hydroxylation sites is 1. The number of furan rings is 1. The quantitative estimate of drug-likeness (QED) is 0.657. The van der Waals surface area contributed by atoms with E-state index in [1.54, 1.807) is 55.8 Å². The van der Waals surface area contributed by atoms with E-state index in [4.69, 9.17) is 13.9 Å². The lowest BCUT2D eigenvalue weighted by atomic mass is 10.2. The second-order valence-corrected chi connectivity index (χ2v) is 5.69. The van der Waals surface area contributed by atoms with Crippen LogP contribution in [0, 0.1) is 0 Å². The number of hydrogen-bond donors (Lipinski definition) is 0. The molecule has 1 aliphatic heterocycles. The highest BCUT2D eigenvalue weighted by Gasteiger charge is 2.33. The number of ether oxygens (including phenoxy) is 2. The van der Waals surface area contributed by atoms with Crippen molar-refractivity contribution in [3.8, 4) is 11.5 Å². The van der Waals surface area contributed by atoms with Crippen LogP contribution in [0.1, 0.15) is 5.76 Å². The van der Waals surface area contributed by atoms with E-state index in [0.29, 0.717) is 22.9 Å². The predicted molar refractivity (Wildman–Crippen MR) is 102 cm³/mol. The number of nitrogens with zero attached hydrogens (tertiary/aromatic N) is 2. The van der Waals surface area contributed by atoms with E-state index in [0.717, 1.165) is 0 Å². The van der Waals surface area contributed by atoms with Crippen LogP contribution in [0.25, 0.3) is 6.08 Å². The molecule has 27 heavy (non-hydrogen) atoms. The Morgan fingerprint density at radius 1 is 0.963 bits per heavy atom. The highest BCUT2D eigenvalue weighted by molar-refractivity contribution is 6.26. The third-order valence-corrected chi connectivity index (χ3v) is 3.93. The Morgan fingerprint density at radius 3 is 2.37 bits per heavy atom. The molecule has 1 aromatic heterocycles. The van der Waals surface area contributed by atoms with E-state index in [2.05, 4.69) is 4.99 Å². The summed E-state index contributed by atoms with van der Waals surface area (Å²) >= 11 is 0. The van der Waals surface area contributed by atoms with Gasteiger partial charge in [0.15, 0.2) is 0 Å². The maximum absolute atomic E-state index is 12.9. The van der Waals surface area contributed by atoms with Crippen LogP contribution in [-0.4, -0.2) is 19.0 Å². The van der Waals surface area contributed by atoms with Gasteiger partial charge in [-0.1, -0.05) is 18.2 Å². The lowest BCUT2D eigenvalue weighted by Gasteiger charge is -2.18. The van der Waals surface area contributed by atoms with Crippen LogP contribution in [0.2, 0.25) is 0 Å². The molecule has 0 atom stereocenters. The third-order valence-electron chi connectivity index (χ3n) is 3.93. The zero-order chi connectivity index (χ0) is 18.6. The van der Waals surface area contributed by atoms with E-state index >= 15 is 0 Å². The number of carbonyl (C=O) groups excluding carboxylic acids is 1. The molecule has 0 unspecified atom stereocenters. The van der Waals surface area contributed by atoms with E-state index < -0.39 is 0 Å². The Hall–Kier alpha value is -3.80. The number of aliphatic imine (C=N–C) groups is 1. The Morgan fingerprint density at radius 2 is 1.70 bits per heavy atom. The fraction of sp³-hybridized carbons (Fsp3) is 0.0476. The normalized spacial score (nSPS) is 15.1. The van der Waals surface area contributed by atoms with Gasteiger partial charge in [0.05, 0.1) is 19.1 Å². The van der Waals surface area contributed by atoms with Gasteiger partial charge in [-0.05, 0) is 48.5 Å². The second-order valence-electron chi connectivity index (χ2n) is 5.69. The molecule has 3 aromatic rings. The lowest BCUT2D eigenvalue weighted by molar-refractivity contribution is -0.113. The molecule has 4 rings (SSSR count). The largest absolute Gasteiger partial charge is 0.497 e. The summed E-state index contributed by atoms with van der Waals surface area (Å²) in [6.07, 6.45) is 3.13. The van der Waals surface area contributed by atoms with Gasteiger partial charge in [-0.15, -0.1) is 0 Å². The summed E-state index contributed by atoms with van der Waals surface area (Å²) in [7, 11) is 1.60. The molecule has 1 aliphatic rings. The summed E-state index contributed by atoms with van der Waals surface area (Å²) in [5, 5.41) is 0. The summed E-state index contributed by atoms with van der Waals surface area (Å²) in [5.41, 5.74) is 0.898. The Labute approximate surface area is 156 Å². The maximum Gasteiger partial charge on any atom is 0.310 e. The van der Waals surface area contributed by atoms with Crippen molar-refractivity contribution < 1.29 is 18.7 Å². The first-order chi connectivity index (χ1) is 13.2. The summed E-state index contributed by atoms with van der Waals surface area (Å²) in [6.45, 7) is 0. The van der Waals surface area contributed by atoms with E-state index in [1.807, 2.05) is 30.3 Å². The van der Waals surface area contributed by atoms with Crippen LogP contribution in [0.5, 0.6) is 11.5 Å². The summed E-state index contributed by atoms with van der Waals surface area (Å²) in [6, 6.07) is 20.0. The molecule has 0 bridgehead atoms. The number of anilines is 1. The first kappa shape index (κ1) is 16.7. The molecule has 0 radical (unpaired) electrons. The van der Waals surface area contributed by atoms with Crippen molar-refractivity contribution in [1.29, 1.82) is 0 Å². The molecular formula is C21H16N2O4. The van der Waals surface area contributed by atoms with Gasteiger partial charge in [0.25, 0.3) is 5.91 Å². The van der Waals surface area contributed by atoms with Crippen LogP contribution >= 0.6 is 0 Å². The average molecular weight is 360 g/mol. The molecule has 0 spiro atoms. The van der Waals surface area contributed by atoms with Crippen molar-refractivity contribution >= 4 is 23.7 Å². The first-order valence-corrected chi connectivity index (χ1v) is 8.30. The molecule has 2 aromatic carbocycles. The molecule has 0 saturated carbocycles. The summed E-state index contributed by atoms with van der Waals surface area (Å²) in [4.78, 5) is 18.7. The number of rotatable bonds is 4. The van der Waals surface area contributed by atoms with Crippen LogP contribution in [0.4, 0.5) is 5.69 Å². The van der Waals surface area contributed by atoms with E-state index in [9.17, 15) is 4.79 Å². The molecule has 2 heterocycles. The number of benzene rings is 2. The van der Waals surface area contributed by atoms with Crippen molar-refractivity contribution in [1.82, 2.24) is 0 Å². The lowest BCUT2D eigenvalue weighted by Crippen LogP contribution is -2.35. The molecule has 0 aliphatic carbocycles. The van der Waals surface area contributed by atoms with Crippen LogP contribution in [0.3, 0.4) is 0 Å². The molecule has 0 fully saturated rings. The molecule has 134 valence electrons. The van der Waals surface area contributed by atoms with Gasteiger partial charge < -0.3 is 13.9 Å². The fourth-order valence-electron chi connectivity index (χ4n) is 2.63. The van der Waals surface area contributed by atoms with Gasteiger partial charge in [0.2, 0.25) is 0 Å². The molecule has 0 saturated heterocycles. The van der Waals surface area contributed by atoms with Crippen molar-refractivity contribution in [2.24, 2.45) is 4.99 Å². The minimum Gasteiger partial charge on any atom is -0.497 e. The number of amidine groups is 1. The van der Waals surface area contributed by atoms with Gasteiger partial charge in [0.1, 0.15) is 23.0 Å². The number of carbonyl (C=O) groups is 1. The smallest absolute Gasteiger partial charge is 0.310 e. The number of methoxy groups -OCH3 is 1. The van der Waals surface area contributed by atoms with Gasteiger partial charge >= 0.3 is 6.02 Å². The van der Waals surface area contributed by atoms with Crippen molar-refractivity contribution in [3.63, 3.8) is 0 Å². The van der Waals surface area contributed by atoms with Crippen molar-refractivity contribution in [2.75, 3.05) is 12.0 Å². The molecular weight excluding hydrogens is 344 g/mol. The van der Waals surface area contributed by atoms with E-state index in [-0.39, 0.29) is 17.6 Å². The monoisotopic (exact) mass is 360 g/mol. The molecule has 6 nitrogen and oxygen atoms in total. The SMILES string of the molecule is COc1ccc(OC2=NC(=Cc3ccco3)C(=O)N2c2ccccc2)cc1. The van der Waals surface area contributed by atoms with Gasteiger partial charge in [-0.3, -0.25) is 4.79 Å². The highest BCUT2D eigenvalue weighted by atomic mass is 16.5. The maximum atomic E-state index is 12.9.